The number of nitrogens with one attached hydrogen (secondary N) is 1. The van der Waals surface area contributed by atoms with Gasteiger partial charge in [-0.25, -0.2) is 4.79 Å². The third kappa shape index (κ3) is 8.97. The Morgan fingerprint density at radius 2 is 1.96 bits per heavy atom. The summed E-state index contributed by atoms with van der Waals surface area (Å²) in [6, 6.07) is 3.32. The summed E-state index contributed by atoms with van der Waals surface area (Å²) >= 11 is 0. The minimum absolute atomic E-state index is 0.0722. The molecule has 1 amide bonds. The molecule has 0 aromatic carbocycles. The van der Waals surface area contributed by atoms with Crippen LogP contribution in [0.2, 0.25) is 0 Å². The highest BCUT2D eigenvalue weighted by Crippen LogP contribution is 2.04. The number of hydrogen-bond acceptors (Lipinski definition) is 6. The van der Waals surface area contributed by atoms with E-state index in [9.17, 15) is 9.59 Å². The van der Waals surface area contributed by atoms with Gasteiger partial charge in [0.15, 0.2) is 0 Å². The third-order valence-corrected chi connectivity index (χ3v) is 4.29. The number of esters is 1. The normalized spacial score (nSPS) is 10.9. The summed E-state index contributed by atoms with van der Waals surface area (Å²) in [5.74, 6) is -0.287. The van der Waals surface area contributed by atoms with E-state index >= 15 is 0 Å². The molecular weight excluding hydrogens is 344 g/mol. The van der Waals surface area contributed by atoms with Gasteiger partial charge in [0.1, 0.15) is 0 Å². The van der Waals surface area contributed by atoms with Gasteiger partial charge in [-0.2, -0.15) is 0 Å². The lowest BCUT2D eigenvalue weighted by Crippen LogP contribution is -2.42. The number of hydrogen-bond donors (Lipinski definition) is 1. The molecule has 0 aliphatic carbocycles. The van der Waals surface area contributed by atoms with E-state index in [-0.39, 0.29) is 18.4 Å². The SMILES string of the molecule is CCCCN(C)CCN(CC)C(=O)CNCc1cc(C(=O)OCC)ccn1. The van der Waals surface area contributed by atoms with E-state index in [1.807, 2.05) is 11.8 Å². The molecule has 27 heavy (non-hydrogen) atoms. The zero-order valence-electron chi connectivity index (χ0n) is 17.2. The van der Waals surface area contributed by atoms with Gasteiger partial charge in [-0.05, 0) is 46.0 Å². The Hall–Kier alpha value is -1.99. The first kappa shape index (κ1) is 23.0. The maximum Gasteiger partial charge on any atom is 0.338 e. The summed E-state index contributed by atoms with van der Waals surface area (Å²) in [5, 5.41) is 3.12. The van der Waals surface area contributed by atoms with Crippen molar-refractivity contribution in [3.05, 3.63) is 29.6 Å². The van der Waals surface area contributed by atoms with Gasteiger partial charge in [0.05, 0.1) is 24.4 Å². The second-order valence-corrected chi connectivity index (χ2v) is 6.49. The van der Waals surface area contributed by atoms with Crippen LogP contribution < -0.4 is 5.32 Å². The topological polar surface area (TPSA) is 74.8 Å². The monoisotopic (exact) mass is 378 g/mol. The summed E-state index contributed by atoms with van der Waals surface area (Å²) in [5.41, 5.74) is 1.18. The van der Waals surface area contributed by atoms with E-state index < -0.39 is 0 Å². The molecule has 1 N–H and O–H groups in total. The summed E-state index contributed by atoms with van der Waals surface area (Å²) in [6.45, 7) is 10.3. The number of ether oxygens (including phenoxy) is 1. The molecule has 0 bridgehead atoms. The maximum absolute atomic E-state index is 12.4. The van der Waals surface area contributed by atoms with E-state index in [1.165, 1.54) is 12.8 Å². The van der Waals surface area contributed by atoms with Crippen LogP contribution in [0.3, 0.4) is 0 Å². The van der Waals surface area contributed by atoms with E-state index in [0.717, 1.165) is 19.6 Å². The quantitative estimate of drug-likeness (QED) is 0.529. The number of nitrogens with zero attached hydrogens (tertiary/aromatic N) is 3. The molecule has 0 atom stereocenters. The van der Waals surface area contributed by atoms with Gasteiger partial charge in [0.25, 0.3) is 0 Å². The van der Waals surface area contributed by atoms with Crippen molar-refractivity contribution in [2.75, 3.05) is 46.4 Å². The third-order valence-electron chi connectivity index (χ3n) is 4.29. The summed E-state index contributed by atoms with van der Waals surface area (Å²) < 4.78 is 4.99. The molecule has 0 aliphatic rings. The van der Waals surface area contributed by atoms with Crippen molar-refractivity contribution in [2.24, 2.45) is 0 Å². The van der Waals surface area contributed by atoms with Crippen molar-refractivity contribution in [3.8, 4) is 0 Å². The predicted octanol–water partition coefficient (Wildman–Crippen LogP) is 1.93. The minimum Gasteiger partial charge on any atom is -0.462 e. The van der Waals surface area contributed by atoms with Crippen molar-refractivity contribution in [3.63, 3.8) is 0 Å². The fraction of sp³-hybridized carbons (Fsp3) is 0.650. The molecule has 7 heteroatoms. The molecule has 0 spiro atoms. The van der Waals surface area contributed by atoms with Crippen molar-refractivity contribution in [1.82, 2.24) is 20.1 Å². The lowest BCUT2D eigenvalue weighted by molar-refractivity contribution is -0.130. The van der Waals surface area contributed by atoms with Crippen LogP contribution in [0.25, 0.3) is 0 Å². The van der Waals surface area contributed by atoms with E-state index in [1.54, 1.807) is 25.3 Å². The number of unbranched alkanes of at least 4 members (excludes halogenated alkanes) is 1. The molecule has 1 heterocycles. The summed E-state index contributed by atoms with van der Waals surface area (Å²) in [7, 11) is 2.09. The lowest BCUT2D eigenvalue weighted by Gasteiger charge is -2.24. The molecule has 0 fully saturated rings. The zero-order chi connectivity index (χ0) is 20.1. The minimum atomic E-state index is -0.360. The first-order chi connectivity index (χ1) is 13.0. The van der Waals surface area contributed by atoms with Crippen LogP contribution in [0.15, 0.2) is 18.3 Å². The van der Waals surface area contributed by atoms with Crippen molar-refractivity contribution in [2.45, 2.75) is 40.2 Å². The number of likely N-dealkylation sites (N-methyl/N-ethyl adjacent to an activating group) is 2. The second kappa shape index (κ2) is 13.2. The second-order valence-electron chi connectivity index (χ2n) is 6.49. The van der Waals surface area contributed by atoms with Crippen molar-refractivity contribution in [1.29, 1.82) is 0 Å². The Balaban J connectivity index is 2.42. The molecule has 1 aromatic heterocycles. The van der Waals surface area contributed by atoms with Crippen LogP contribution in [-0.4, -0.2) is 73.0 Å². The number of carbonyl (C=O) groups is 2. The fourth-order valence-electron chi connectivity index (χ4n) is 2.62. The number of amides is 1. The van der Waals surface area contributed by atoms with E-state index in [4.69, 9.17) is 4.74 Å². The Labute approximate surface area is 163 Å². The molecule has 0 radical (unpaired) electrons. The largest absolute Gasteiger partial charge is 0.462 e. The molecule has 0 unspecified atom stereocenters. The van der Waals surface area contributed by atoms with Crippen LogP contribution >= 0.6 is 0 Å². The average molecular weight is 379 g/mol. The van der Waals surface area contributed by atoms with Crippen molar-refractivity contribution < 1.29 is 14.3 Å². The van der Waals surface area contributed by atoms with Gasteiger partial charge in [0, 0.05) is 32.4 Å². The van der Waals surface area contributed by atoms with Gasteiger partial charge in [0.2, 0.25) is 5.91 Å². The van der Waals surface area contributed by atoms with Crippen LogP contribution in [0.4, 0.5) is 0 Å². The molecule has 0 saturated carbocycles. The number of pyridine rings is 1. The highest BCUT2D eigenvalue weighted by Gasteiger charge is 2.12. The van der Waals surface area contributed by atoms with Gasteiger partial charge < -0.3 is 19.9 Å². The Kier molecular flexibility index (Phi) is 11.3. The molecule has 1 aromatic rings. The van der Waals surface area contributed by atoms with E-state index in [2.05, 4.69) is 29.2 Å². The first-order valence-electron chi connectivity index (χ1n) is 9.80. The maximum atomic E-state index is 12.4. The smallest absolute Gasteiger partial charge is 0.338 e. The average Bonchev–Trinajstić information content (AvgIpc) is 2.67. The van der Waals surface area contributed by atoms with Crippen LogP contribution in [-0.2, 0) is 16.1 Å². The zero-order valence-corrected chi connectivity index (χ0v) is 17.2. The first-order valence-corrected chi connectivity index (χ1v) is 9.80. The number of carbonyl (C=O) groups excluding carboxylic acids is 2. The lowest BCUT2D eigenvalue weighted by atomic mass is 10.2. The van der Waals surface area contributed by atoms with Crippen LogP contribution in [0, 0.1) is 0 Å². The molecule has 1 rings (SSSR count). The molecular formula is C20H34N4O3. The van der Waals surface area contributed by atoms with Crippen molar-refractivity contribution >= 4 is 11.9 Å². The summed E-state index contributed by atoms with van der Waals surface area (Å²) in [6.07, 6.45) is 3.93. The highest BCUT2D eigenvalue weighted by molar-refractivity contribution is 5.89. The van der Waals surface area contributed by atoms with Crippen LogP contribution in [0.5, 0.6) is 0 Å². The molecule has 0 saturated heterocycles. The van der Waals surface area contributed by atoms with Gasteiger partial charge >= 0.3 is 5.97 Å². The summed E-state index contributed by atoms with van der Waals surface area (Å²) in [4.78, 5) is 32.5. The predicted molar refractivity (Wildman–Crippen MR) is 107 cm³/mol. The Morgan fingerprint density at radius 3 is 2.63 bits per heavy atom. The standard InChI is InChI=1S/C20H34N4O3/c1-5-8-11-23(4)12-13-24(6-2)19(25)16-21-15-18-14-17(9-10-22-18)20(26)27-7-3/h9-10,14,21H,5-8,11-13,15-16H2,1-4H3. The number of rotatable bonds is 13. The number of aromatic nitrogens is 1. The highest BCUT2D eigenvalue weighted by atomic mass is 16.5. The Bertz CT molecular complexity index is 580. The van der Waals surface area contributed by atoms with Crippen LogP contribution in [0.1, 0.15) is 49.7 Å². The molecule has 0 aliphatic heterocycles. The van der Waals surface area contributed by atoms with Gasteiger partial charge in [-0.15, -0.1) is 0 Å². The van der Waals surface area contributed by atoms with E-state index in [0.29, 0.717) is 31.0 Å². The molecule has 7 nitrogen and oxygen atoms in total. The van der Waals surface area contributed by atoms with Gasteiger partial charge in [-0.3, -0.25) is 9.78 Å². The fourth-order valence-corrected chi connectivity index (χ4v) is 2.62. The Morgan fingerprint density at radius 1 is 1.19 bits per heavy atom. The molecule has 152 valence electrons. The van der Waals surface area contributed by atoms with Gasteiger partial charge in [-0.1, -0.05) is 13.3 Å².